The minimum Gasteiger partial charge on any atom is -0.350 e. The molecule has 3 N–H and O–H groups in total. The van der Waals surface area contributed by atoms with Crippen LogP contribution in [-0.4, -0.2) is 23.3 Å². The molecule has 5 heteroatoms. The summed E-state index contributed by atoms with van der Waals surface area (Å²) in [5.41, 5.74) is 4.14. The molecule has 2 heterocycles. The van der Waals surface area contributed by atoms with Gasteiger partial charge < -0.3 is 15.6 Å². The van der Waals surface area contributed by atoms with Crippen molar-refractivity contribution in [3.8, 4) is 0 Å². The monoisotopic (exact) mass is 333 g/mol. The molecule has 0 saturated heterocycles. The van der Waals surface area contributed by atoms with Crippen LogP contribution in [0.1, 0.15) is 44.8 Å². The van der Waals surface area contributed by atoms with E-state index >= 15 is 0 Å². The molecule has 126 valence electrons. The Kier molecular flexibility index (Phi) is 3.76. The lowest BCUT2D eigenvalue weighted by Gasteiger charge is -2.19. The summed E-state index contributed by atoms with van der Waals surface area (Å²) < 4.78 is 0. The normalized spacial score (nSPS) is 16.4. The molecule has 1 aliphatic heterocycles. The predicted molar refractivity (Wildman–Crippen MR) is 96.7 cm³/mol. The van der Waals surface area contributed by atoms with Gasteiger partial charge in [-0.3, -0.25) is 9.59 Å². The van der Waals surface area contributed by atoms with Crippen LogP contribution < -0.4 is 10.6 Å². The highest BCUT2D eigenvalue weighted by atomic mass is 16.2. The molecule has 0 fully saturated rings. The lowest BCUT2D eigenvalue weighted by molar-refractivity contribution is 0.0934. The van der Waals surface area contributed by atoms with Crippen LogP contribution in [0.2, 0.25) is 0 Å². The van der Waals surface area contributed by atoms with Crippen LogP contribution in [0.4, 0.5) is 0 Å². The Hall–Kier alpha value is -3.08. The zero-order chi connectivity index (χ0) is 17.4. The van der Waals surface area contributed by atoms with Crippen molar-refractivity contribution in [3.63, 3.8) is 0 Å². The topological polar surface area (TPSA) is 74.0 Å². The van der Waals surface area contributed by atoms with Crippen molar-refractivity contribution in [2.45, 2.75) is 19.4 Å². The molecule has 1 aliphatic rings. The first-order valence-electron chi connectivity index (χ1n) is 8.39. The summed E-state index contributed by atoms with van der Waals surface area (Å²) in [4.78, 5) is 27.7. The standard InChI is InChI=1S/C20H19N3O2/c1-12-10-21-20(25)18-17(12)15-9-14(7-8-16(15)23-18)19(24)22-11-13-5-3-2-4-6-13/h2-9,12,23H,10-11H2,1H3,(H,21,25)(H,22,24). The van der Waals surface area contributed by atoms with Crippen molar-refractivity contribution in [1.29, 1.82) is 0 Å². The fourth-order valence-corrected chi connectivity index (χ4v) is 3.36. The first-order chi connectivity index (χ1) is 12.1. The van der Waals surface area contributed by atoms with Crippen molar-refractivity contribution in [1.82, 2.24) is 15.6 Å². The highest BCUT2D eigenvalue weighted by Gasteiger charge is 2.27. The second kappa shape index (κ2) is 6.09. The van der Waals surface area contributed by atoms with Gasteiger partial charge in [0.15, 0.2) is 0 Å². The molecule has 4 rings (SSSR count). The van der Waals surface area contributed by atoms with Gasteiger partial charge in [0, 0.05) is 35.5 Å². The molecule has 1 atom stereocenters. The summed E-state index contributed by atoms with van der Waals surface area (Å²) >= 11 is 0. The number of amides is 2. The number of carbonyl (C=O) groups excluding carboxylic acids is 2. The predicted octanol–water partition coefficient (Wildman–Crippen LogP) is 2.94. The summed E-state index contributed by atoms with van der Waals surface area (Å²) in [6.45, 7) is 3.18. The first-order valence-corrected chi connectivity index (χ1v) is 8.39. The number of rotatable bonds is 3. The number of aromatic nitrogens is 1. The van der Waals surface area contributed by atoms with Crippen molar-refractivity contribution < 1.29 is 9.59 Å². The van der Waals surface area contributed by atoms with Crippen molar-refractivity contribution in [2.24, 2.45) is 0 Å². The van der Waals surface area contributed by atoms with E-state index in [4.69, 9.17) is 0 Å². The summed E-state index contributed by atoms with van der Waals surface area (Å²) in [5.74, 6) is 0.0112. The lowest BCUT2D eigenvalue weighted by Crippen LogP contribution is -2.33. The van der Waals surface area contributed by atoms with E-state index in [1.54, 1.807) is 6.07 Å². The summed E-state index contributed by atoms with van der Waals surface area (Å²) in [6, 6.07) is 15.3. The van der Waals surface area contributed by atoms with E-state index in [-0.39, 0.29) is 17.7 Å². The van der Waals surface area contributed by atoms with Gasteiger partial charge in [-0.2, -0.15) is 0 Å². The minimum atomic E-state index is -0.117. The smallest absolute Gasteiger partial charge is 0.268 e. The van der Waals surface area contributed by atoms with Crippen molar-refractivity contribution in [2.75, 3.05) is 6.54 Å². The third-order valence-electron chi connectivity index (χ3n) is 4.69. The molecule has 5 nitrogen and oxygen atoms in total. The Morgan fingerprint density at radius 2 is 2.00 bits per heavy atom. The molecule has 2 aromatic carbocycles. The van der Waals surface area contributed by atoms with E-state index in [0.29, 0.717) is 24.3 Å². The third-order valence-corrected chi connectivity index (χ3v) is 4.69. The van der Waals surface area contributed by atoms with Crippen LogP contribution in [0.25, 0.3) is 10.9 Å². The van der Waals surface area contributed by atoms with E-state index < -0.39 is 0 Å². The van der Waals surface area contributed by atoms with E-state index in [1.165, 1.54) is 0 Å². The number of H-pyrrole nitrogens is 1. The van der Waals surface area contributed by atoms with Crippen LogP contribution in [0.5, 0.6) is 0 Å². The molecule has 0 saturated carbocycles. The fourth-order valence-electron chi connectivity index (χ4n) is 3.36. The van der Waals surface area contributed by atoms with Gasteiger partial charge in [-0.15, -0.1) is 0 Å². The van der Waals surface area contributed by atoms with Gasteiger partial charge in [0.25, 0.3) is 11.8 Å². The maximum atomic E-state index is 12.5. The van der Waals surface area contributed by atoms with Crippen LogP contribution >= 0.6 is 0 Å². The van der Waals surface area contributed by atoms with Crippen molar-refractivity contribution >= 4 is 22.7 Å². The highest BCUT2D eigenvalue weighted by molar-refractivity contribution is 6.05. The van der Waals surface area contributed by atoms with E-state index in [2.05, 4.69) is 22.5 Å². The van der Waals surface area contributed by atoms with Gasteiger partial charge in [0.2, 0.25) is 0 Å². The second-order valence-corrected chi connectivity index (χ2v) is 6.45. The SMILES string of the molecule is CC1CNC(=O)c2[nH]c3ccc(C(=O)NCc4ccccc4)cc3c21. The van der Waals surface area contributed by atoms with E-state index in [9.17, 15) is 9.59 Å². The van der Waals surface area contributed by atoms with Gasteiger partial charge in [-0.05, 0) is 29.3 Å². The van der Waals surface area contributed by atoms with Crippen LogP contribution in [0.15, 0.2) is 48.5 Å². The third kappa shape index (κ3) is 2.78. The maximum absolute atomic E-state index is 12.5. The molecule has 0 radical (unpaired) electrons. The molecule has 2 amide bonds. The second-order valence-electron chi connectivity index (χ2n) is 6.45. The van der Waals surface area contributed by atoms with Crippen LogP contribution in [0.3, 0.4) is 0 Å². The molecule has 0 aliphatic carbocycles. The Balaban J connectivity index is 1.63. The number of carbonyl (C=O) groups is 2. The molecule has 1 unspecified atom stereocenters. The van der Waals surface area contributed by atoms with Gasteiger partial charge in [0.1, 0.15) is 5.69 Å². The molecule has 0 spiro atoms. The van der Waals surface area contributed by atoms with Gasteiger partial charge in [0.05, 0.1) is 0 Å². The Bertz CT molecular complexity index is 960. The summed E-state index contributed by atoms with van der Waals surface area (Å²) in [7, 11) is 0. The molecular weight excluding hydrogens is 314 g/mol. The zero-order valence-corrected chi connectivity index (χ0v) is 13.9. The number of benzene rings is 2. The Morgan fingerprint density at radius 1 is 1.20 bits per heavy atom. The van der Waals surface area contributed by atoms with E-state index in [1.807, 2.05) is 42.5 Å². The van der Waals surface area contributed by atoms with Crippen LogP contribution in [0, 0.1) is 0 Å². The van der Waals surface area contributed by atoms with Gasteiger partial charge >= 0.3 is 0 Å². The highest BCUT2D eigenvalue weighted by Crippen LogP contribution is 2.32. The molecule has 25 heavy (non-hydrogen) atoms. The van der Waals surface area contributed by atoms with Crippen molar-refractivity contribution in [3.05, 3.63) is 70.9 Å². The molecule has 3 aromatic rings. The number of hydrogen-bond acceptors (Lipinski definition) is 2. The maximum Gasteiger partial charge on any atom is 0.268 e. The molecule has 1 aromatic heterocycles. The zero-order valence-electron chi connectivity index (χ0n) is 13.9. The summed E-state index contributed by atoms with van der Waals surface area (Å²) in [5, 5.41) is 6.77. The number of fused-ring (bicyclic) bond motifs is 3. The largest absolute Gasteiger partial charge is 0.350 e. The average molecular weight is 333 g/mol. The van der Waals surface area contributed by atoms with Gasteiger partial charge in [-0.25, -0.2) is 0 Å². The quantitative estimate of drug-likeness (QED) is 0.689. The molecular formula is C20H19N3O2. The fraction of sp³-hybridized carbons (Fsp3) is 0.200. The number of hydrogen-bond donors (Lipinski definition) is 3. The Labute approximate surface area is 145 Å². The first kappa shape index (κ1) is 15.4. The van der Waals surface area contributed by atoms with E-state index in [0.717, 1.165) is 22.0 Å². The van der Waals surface area contributed by atoms with Crippen LogP contribution in [-0.2, 0) is 6.54 Å². The summed E-state index contributed by atoms with van der Waals surface area (Å²) in [6.07, 6.45) is 0. The average Bonchev–Trinajstić information content (AvgIpc) is 3.03. The minimum absolute atomic E-state index is 0.0839. The lowest BCUT2D eigenvalue weighted by atomic mass is 9.93. The Morgan fingerprint density at radius 3 is 2.80 bits per heavy atom. The molecule has 0 bridgehead atoms. The van der Waals surface area contributed by atoms with Gasteiger partial charge in [-0.1, -0.05) is 37.3 Å². The number of aromatic amines is 1. The number of nitrogens with one attached hydrogen (secondary N) is 3.